The Morgan fingerprint density at radius 2 is 2.08 bits per heavy atom. The average molecular weight is 349 g/mol. The molecule has 0 bridgehead atoms. The molecular weight excluding hydrogens is 339 g/mol. The van der Waals surface area contributed by atoms with E-state index in [9.17, 15) is 22.8 Å². The molecule has 0 saturated heterocycles. The number of H-pyrrole nitrogens is 2. The molecule has 0 spiro atoms. The van der Waals surface area contributed by atoms with Crippen molar-refractivity contribution in [1.29, 1.82) is 0 Å². The van der Waals surface area contributed by atoms with Crippen molar-refractivity contribution in [3.05, 3.63) is 64.0 Å². The Bertz CT molecular complexity index is 1010. The maximum absolute atomic E-state index is 13.0. The summed E-state index contributed by atoms with van der Waals surface area (Å²) in [6.07, 6.45) is 0.441. The molecule has 0 unspecified atom stereocenters. The van der Waals surface area contributed by atoms with E-state index in [0.717, 1.165) is 18.3 Å². The highest BCUT2D eigenvalue weighted by atomic mass is 19.4. The van der Waals surface area contributed by atoms with Crippen molar-refractivity contribution in [3.8, 4) is 0 Å². The van der Waals surface area contributed by atoms with Gasteiger partial charge in [0.05, 0.1) is 35.5 Å². The number of halogens is 3. The van der Waals surface area contributed by atoms with Gasteiger partial charge in [0.1, 0.15) is 5.56 Å². The largest absolute Gasteiger partial charge is 0.418 e. The molecule has 2 aromatic heterocycles. The van der Waals surface area contributed by atoms with E-state index in [4.69, 9.17) is 0 Å². The third-order valence-electron chi connectivity index (χ3n) is 3.35. The van der Waals surface area contributed by atoms with E-state index in [2.05, 4.69) is 25.5 Å². The Kier molecular flexibility index (Phi) is 4.09. The number of carbonyl (C=O) groups is 1. The van der Waals surface area contributed by atoms with Crippen LogP contribution < -0.4 is 10.9 Å². The van der Waals surface area contributed by atoms with Crippen molar-refractivity contribution in [2.45, 2.75) is 6.18 Å². The molecule has 0 fully saturated rings. The number of aromatic nitrogens is 3. The van der Waals surface area contributed by atoms with Crippen LogP contribution in [0.1, 0.15) is 21.6 Å². The number of para-hydroxylation sites is 1. The molecule has 0 aliphatic carbocycles. The number of pyridine rings is 1. The Hall–Kier alpha value is -3.43. The van der Waals surface area contributed by atoms with Crippen LogP contribution in [0.4, 0.5) is 13.2 Å². The fraction of sp³-hybridized carbons (Fsp3) is 0.0667. The molecule has 25 heavy (non-hydrogen) atoms. The molecule has 0 aliphatic rings. The number of aromatic amines is 2. The Balaban J connectivity index is 1.94. The third kappa shape index (κ3) is 3.27. The second-order valence-electron chi connectivity index (χ2n) is 4.96. The van der Waals surface area contributed by atoms with Crippen molar-refractivity contribution in [3.63, 3.8) is 0 Å². The summed E-state index contributed by atoms with van der Waals surface area (Å²) in [6, 6.07) is 3.18. The molecule has 0 aliphatic heterocycles. The van der Waals surface area contributed by atoms with Gasteiger partial charge < -0.3 is 9.97 Å². The molecule has 10 heteroatoms. The molecule has 1 amide bonds. The predicted octanol–water partition coefficient (Wildman–Crippen LogP) is 2.03. The van der Waals surface area contributed by atoms with Crippen LogP contribution in [-0.4, -0.2) is 27.1 Å². The SMILES string of the molecule is O=C(N/N=C\c1cnc[nH]1)c1c[nH]c2c(C(F)(F)F)cccc2c1=O. The van der Waals surface area contributed by atoms with E-state index in [-0.39, 0.29) is 16.5 Å². The zero-order valence-electron chi connectivity index (χ0n) is 12.4. The summed E-state index contributed by atoms with van der Waals surface area (Å²) in [4.78, 5) is 33.2. The second-order valence-corrected chi connectivity index (χ2v) is 4.96. The molecule has 3 rings (SSSR count). The Labute approximate surface area is 137 Å². The van der Waals surface area contributed by atoms with Crippen LogP contribution in [-0.2, 0) is 6.18 Å². The number of nitrogens with zero attached hydrogens (tertiary/aromatic N) is 2. The van der Waals surface area contributed by atoms with Crippen LogP contribution in [0.25, 0.3) is 10.9 Å². The molecule has 128 valence electrons. The molecule has 3 N–H and O–H groups in total. The molecular formula is C15H10F3N5O2. The molecule has 3 aromatic rings. The third-order valence-corrected chi connectivity index (χ3v) is 3.35. The lowest BCUT2D eigenvalue weighted by Gasteiger charge is -2.10. The summed E-state index contributed by atoms with van der Waals surface area (Å²) >= 11 is 0. The van der Waals surface area contributed by atoms with E-state index >= 15 is 0 Å². The van der Waals surface area contributed by atoms with Crippen LogP contribution in [0.15, 0.2) is 46.8 Å². The van der Waals surface area contributed by atoms with Crippen molar-refractivity contribution >= 4 is 23.0 Å². The average Bonchev–Trinajstić information content (AvgIpc) is 3.07. The number of hydrogen-bond donors (Lipinski definition) is 3. The first-order valence-corrected chi connectivity index (χ1v) is 6.91. The number of alkyl halides is 3. The monoisotopic (exact) mass is 349 g/mol. The van der Waals surface area contributed by atoms with Crippen LogP contribution in [0, 0.1) is 0 Å². The lowest BCUT2D eigenvalue weighted by Crippen LogP contribution is -2.25. The van der Waals surface area contributed by atoms with Crippen molar-refractivity contribution < 1.29 is 18.0 Å². The van der Waals surface area contributed by atoms with E-state index in [1.807, 2.05) is 0 Å². The lowest BCUT2D eigenvalue weighted by atomic mass is 10.1. The highest BCUT2D eigenvalue weighted by molar-refractivity contribution is 5.98. The lowest BCUT2D eigenvalue weighted by molar-refractivity contribution is -0.136. The summed E-state index contributed by atoms with van der Waals surface area (Å²) < 4.78 is 38.9. The molecule has 2 heterocycles. The van der Waals surface area contributed by atoms with Gasteiger partial charge in [-0.2, -0.15) is 18.3 Å². The predicted molar refractivity (Wildman–Crippen MR) is 83.2 cm³/mol. The number of fused-ring (bicyclic) bond motifs is 1. The summed E-state index contributed by atoms with van der Waals surface area (Å²) in [6.45, 7) is 0. The van der Waals surface area contributed by atoms with Crippen molar-refractivity contribution in [2.24, 2.45) is 5.10 Å². The quantitative estimate of drug-likeness (QED) is 0.498. The number of rotatable bonds is 3. The van der Waals surface area contributed by atoms with Crippen LogP contribution in [0.3, 0.4) is 0 Å². The van der Waals surface area contributed by atoms with Gasteiger partial charge in [0.2, 0.25) is 5.43 Å². The number of hydrogen-bond acceptors (Lipinski definition) is 4. The minimum absolute atomic E-state index is 0.236. The smallest absolute Gasteiger partial charge is 0.360 e. The fourth-order valence-electron chi connectivity index (χ4n) is 2.21. The van der Waals surface area contributed by atoms with Gasteiger partial charge in [0.25, 0.3) is 5.91 Å². The maximum Gasteiger partial charge on any atom is 0.418 e. The molecule has 7 nitrogen and oxygen atoms in total. The van der Waals surface area contributed by atoms with Crippen molar-refractivity contribution in [1.82, 2.24) is 20.4 Å². The minimum Gasteiger partial charge on any atom is -0.360 e. The van der Waals surface area contributed by atoms with Gasteiger partial charge in [-0.15, -0.1) is 0 Å². The van der Waals surface area contributed by atoms with Crippen LogP contribution >= 0.6 is 0 Å². The Morgan fingerprint density at radius 1 is 1.28 bits per heavy atom. The summed E-state index contributed by atoms with van der Waals surface area (Å²) in [5.74, 6) is -0.851. The van der Waals surface area contributed by atoms with Gasteiger partial charge in [0.15, 0.2) is 0 Å². The topological polar surface area (TPSA) is 103 Å². The standard InChI is InChI=1S/C15H10F3N5O2/c16-15(17,18)11-3-1-2-9-12(11)20-6-10(13(9)24)14(25)23-22-5-8-4-19-7-21-8/h1-7H,(H,19,21)(H,20,24)(H,23,25)/b22-5-. The maximum atomic E-state index is 13.0. The molecule has 0 atom stereocenters. The molecule has 0 saturated carbocycles. The number of amides is 1. The molecule has 0 radical (unpaired) electrons. The number of imidazole rings is 1. The van der Waals surface area contributed by atoms with Crippen LogP contribution in [0.5, 0.6) is 0 Å². The number of carbonyl (C=O) groups excluding carboxylic acids is 1. The second kappa shape index (κ2) is 6.23. The van der Waals surface area contributed by atoms with Gasteiger partial charge in [0, 0.05) is 11.6 Å². The number of hydrazone groups is 1. The molecule has 1 aromatic carbocycles. The van der Waals surface area contributed by atoms with Gasteiger partial charge in [-0.25, -0.2) is 10.4 Å². The number of nitrogens with one attached hydrogen (secondary N) is 3. The van der Waals surface area contributed by atoms with Gasteiger partial charge >= 0.3 is 6.18 Å². The summed E-state index contributed by atoms with van der Waals surface area (Å²) in [5, 5.41) is 3.40. The first kappa shape index (κ1) is 16.4. The minimum atomic E-state index is -4.62. The van der Waals surface area contributed by atoms with Gasteiger partial charge in [-0.05, 0) is 12.1 Å². The van der Waals surface area contributed by atoms with Gasteiger partial charge in [-0.3, -0.25) is 9.59 Å². The van der Waals surface area contributed by atoms with E-state index < -0.39 is 23.1 Å². The van der Waals surface area contributed by atoms with E-state index in [1.165, 1.54) is 24.8 Å². The van der Waals surface area contributed by atoms with Crippen LogP contribution in [0.2, 0.25) is 0 Å². The zero-order valence-corrected chi connectivity index (χ0v) is 12.4. The normalized spacial score (nSPS) is 12.0. The van der Waals surface area contributed by atoms with Gasteiger partial charge in [-0.1, -0.05) is 6.07 Å². The fourth-order valence-corrected chi connectivity index (χ4v) is 2.21. The number of benzene rings is 1. The first-order chi connectivity index (χ1) is 11.9. The van der Waals surface area contributed by atoms with E-state index in [1.54, 1.807) is 0 Å². The van der Waals surface area contributed by atoms with E-state index in [0.29, 0.717) is 5.69 Å². The first-order valence-electron chi connectivity index (χ1n) is 6.91. The highest BCUT2D eigenvalue weighted by Crippen LogP contribution is 2.32. The summed E-state index contributed by atoms with van der Waals surface area (Å²) in [7, 11) is 0. The zero-order chi connectivity index (χ0) is 18.0. The highest BCUT2D eigenvalue weighted by Gasteiger charge is 2.33. The summed E-state index contributed by atoms with van der Waals surface area (Å²) in [5.41, 5.74) is 0.109. The Morgan fingerprint density at radius 3 is 2.76 bits per heavy atom. The van der Waals surface area contributed by atoms with Crippen molar-refractivity contribution in [2.75, 3.05) is 0 Å².